The van der Waals surface area contributed by atoms with Gasteiger partial charge in [-0.2, -0.15) is 0 Å². The predicted molar refractivity (Wildman–Crippen MR) is 116 cm³/mol. The number of nitrogens with one attached hydrogen (secondary N) is 1. The van der Waals surface area contributed by atoms with Crippen LogP contribution in [-0.2, 0) is 6.42 Å². The Hall–Kier alpha value is -2.15. The zero-order chi connectivity index (χ0) is 19.0. The number of anilines is 1. The van der Waals surface area contributed by atoms with Crippen molar-refractivity contribution in [3.05, 3.63) is 57.9 Å². The normalized spacial score (nSPS) is 13.3. The Balaban J connectivity index is 1.59. The third-order valence-corrected chi connectivity index (χ3v) is 6.60. The van der Waals surface area contributed by atoms with E-state index >= 15 is 0 Å². The number of para-hydroxylation sites is 1. The lowest BCUT2D eigenvalue weighted by atomic mass is 10.0. The monoisotopic (exact) mass is 416 g/mol. The maximum atomic E-state index is 12.8. The van der Waals surface area contributed by atoms with E-state index in [9.17, 15) is 4.79 Å². The molecule has 0 saturated heterocycles. The Bertz CT molecular complexity index is 1050. The number of nitrogens with zero attached hydrogens (tertiary/aromatic N) is 1. The molecule has 0 atom stereocenters. The van der Waals surface area contributed by atoms with E-state index in [1.54, 1.807) is 7.11 Å². The van der Waals surface area contributed by atoms with Gasteiger partial charge in [0.05, 0.1) is 12.1 Å². The third-order valence-electron chi connectivity index (χ3n) is 4.62. The van der Waals surface area contributed by atoms with Crippen LogP contribution >= 0.6 is 35.2 Å². The lowest BCUT2D eigenvalue weighted by molar-refractivity contribution is 0.0981. The van der Waals surface area contributed by atoms with Crippen molar-refractivity contribution in [2.45, 2.75) is 12.8 Å². The highest BCUT2D eigenvalue weighted by molar-refractivity contribution is 7.80. The van der Waals surface area contributed by atoms with Gasteiger partial charge in [-0.25, -0.2) is 0 Å². The van der Waals surface area contributed by atoms with Crippen molar-refractivity contribution in [2.75, 3.05) is 18.6 Å². The van der Waals surface area contributed by atoms with Gasteiger partial charge in [-0.3, -0.25) is 10.1 Å². The molecule has 0 aliphatic carbocycles. The largest absolute Gasteiger partial charge is 0.497 e. The number of methoxy groups -OCH3 is 1. The zero-order valence-corrected chi connectivity index (χ0v) is 17.0. The van der Waals surface area contributed by atoms with Crippen molar-refractivity contribution in [1.82, 2.24) is 5.32 Å². The van der Waals surface area contributed by atoms with Gasteiger partial charge in [0.2, 0.25) is 0 Å². The van der Waals surface area contributed by atoms with E-state index < -0.39 is 0 Å². The van der Waals surface area contributed by atoms with Gasteiger partial charge >= 0.3 is 0 Å². The van der Waals surface area contributed by atoms with Crippen LogP contribution in [0, 0.1) is 0 Å². The van der Waals surface area contributed by atoms with Crippen molar-refractivity contribution in [2.24, 2.45) is 0 Å². The van der Waals surface area contributed by atoms with E-state index in [1.807, 2.05) is 41.3 Å². The van der Waals surface area contributed by atoms with Crippen LogP contribution in [0.5, 0.6) is 5.75 Å². The fourth-order valence-electron chi connectivity index (χ4n) is 3.28. The van der Waals surface area contributed by atoms with Gasteiger partial charge in [0.25, 0.3) is 5.91 Å². The minimum absolute atomic E-state index is 0.284. The second-order valence-corrected chi connectivity index (χ2v) is 8.07. The molecule has 3 aromatic rings. The van der Waals surface area contributed by atoms with Crippen LogP contribution in [0.1, 0.15) is 21.7 Å². The van der Waals surface area contributed by atoms with Crippen LogP contribution in [0.4, 0.5) is 5.69 Å². The first-order valence-electron chi connectivity index (χ1n) is 8.55. The summed E-state index contributed by atoms with van der Waals surface area (Å²) in [6, 6.07) is 13.7. The number of thiocarbonyl (C=S) groups is 1. The Morgan fingerprint density at radius 1 is 1.30 bits per heavy atom. The highest BCUT2D eigenvalue weighted by atomic mass is 35.5. The van der Waals surface area contributed by atoms with E-state index in [-0.39, 0.29) is 5.91 Å². The fourth-order valence-corrected chi connectivity index (χ4v) is 5.01. The van der Waals surface area contributed by atoms with E-state index in [1.165, 1.54) is 16.9 Å². The van der Waals surface area contributed by atoms with Gasteiger partial charge in [-0.05, 0) is 54.9 Å². The number of benzene rings is 2. The summed E-state index contributed by atoms with van der Waals surface area (Å²) in [7, 11) is 1.61. The number of hydrogen-bond donors (Lipinski definition) is 1. The molecule has 138 valence electrons. The Morgan fingerprint density at radius 3 is 2.93 bits per heavy atom. The number of amides is 1. The Labute approximate surface area is 171 Å². The third kappa shape index (κ3) is 3.40. The first-order valence-corrected chi connectivity index (χ1v) is 10.2. The zero-order valence-electron chi connectivity index (χ0n) is 14.6. The number of carbonyl (C=O) groups excluding carboxylic acids is 1. The molecule has 2 heterocycles. The number of halogens is 1. The standard InChI is InChI=1S/C20H17ClN2O2S2/c1-25-13-8-9-14-16(11-13)27-18(17(14)21)19(24)22-20(26)23-10-4-6-12-5-2-3-7-15(12)23/h2-3,5,7-9,11H,4,6,10H2,1H3,(H,22,24,26). The Kier molecular flexibility index (Phi) is 5.04. The van der Waals surface area contributed by atoms with Crippen molar-refractivity contribution in [3.63, 3.8) is 0 Å². The van der Waals surface area contributed by atoms with E-state index in [0.717, 1.165) is 40.9 Å². The molecule has 27 heavy (non-hydrogen) atoms. The van der Waals surface area contributed by atoms with Gasteiger partial charge < -0.3 is 9.64 Å². The summed E-state index contributed by atoms with van der Waals surface area (Å²) in [5, 5.41) is 4.53. The number of ether oxygens (including phenoxy) is 1. The van der Waals surface area contributed by atoms with Crippen LogP contribution in [0.3, 0.4) is 0 Å². The predicted octanol–water partition coefficient (Wildman–Crippen LogP) is 5.03. The minimum Gasteiger partial charge on any atom is -0.497 e. The van der Waals surface area contributed by atoms with Crippen LogP contribution in [0.15, 0.2) is 42.5 Å². The topological polar surface area (TPSA) is 41.6 Å². The molecule has 0 fully saturated rings. The summed E-state index contributed by atoms with van der Waals surface area (Å²) >= 11 is 13.3. The minimum atomic E-state index is -0.284. The summed E-state index contributed by atoms with van der Waals surface area (Å²) in [5.74, 6) is 0.445. The molecule has 1 aliphatic heterocycles. The molecule has 0 saturated carbocycles. The molecule has 1 aliphatic rings. The van der Waals surface area contributed by atoms with Gasteiger partial charge in [0.15, 0.2) is 5.11 Å². The van der Waals surface area contributed by atoms with E-state index in [4.69, 9.17) is 28.6 Å². The van der Waals surface area contributed by atoms with Crippen molar-refractivity contribution in [1.29, 1.82) is 0 Å². The summed E-state index contributed by atoms with van der Waals surface area (Å²) in [6.07, 6.45) is 2.02. The van der Waals surface area contributed by atoms with Crippen molar-refractivity contribution in [3.8, 4) is 5.75 Å². The van der Waals surface area contributed by atoms with Crippen molar-refractivity contribution >= 4 is 61.9 Å². The van der Waals surface area contributed by atoms with Crippen LogP contribution in [0.2, 0.25) is 5.02 Å². The van der Waals surface area contributed by atoms with Gasteiger partial charge in [0, 0.05) is 22.3 Å². The summed E-state index contributed by atoms with van der Waals surface area (Å²) in [4.78, 5) is 15.3. The number of fused-ring (bicyclic) bond motifs is 2. The summed E-state index contributed by atoms with van der Waals surface area (Å²) in [5.41, 5.74) is 2.30. The van der Waals surface area contributed by atoms with Crippen LogP contribution in [0.25, 0.3) is 10.1 Å². The molecular weight excluding hydrogens is 400 g/mol. The molecule has 1 amide bonds. The van der Waals surface area contributed by atoms with Crippen molar-refractivity contribution < 1.29 is 9.53 Å². The molecule has 4 rings (SSSR count). The molecule has 4 nitrogen and oxygen atoms in total. The summed E-state index contributed by atoms with van der Waals surface area (Å²) < 4.78 is 6.15. The van der Waals surface area contributed by atoms with E-state index in [0.29, 0.717) is 15.0 Å². The highest BCUT2D eigenvalue weighted by Gasteiger charge is 2.23. The number of rotatable bonds is 2. The Morgan fingerprint density at radius 2 is 2.11 bits per heavy atom. The highest BCUT2D eigenvalue weighted by Crippen LogP contribution is 2.37. The van der Waals surface area contributed by atoms with Gasteiger partial charge in [0.1, 0.15) is 10.6 Å². The first kappa shape index (κ1) is 18.2. The number of aryl methyl sites for hydroxylation is 1. The first-order chi connectivity index (χ1) is 13.1. The maximum Gasteiger partial charge on any atom is 0.269 e. The molecule has 1 N–H and O–H groups in total. The average molecular weight is 417 g/mol. The number of thiophene rings is 1. The number of carbonyl (C=O) groups is 1. The second kappa shape index (κ2) is 7.46. The molecule has 0 unspecified atom stereocenters. The molecule has 7 heteroatoms. The fraction of sp³-hybridized carbons (Fsp3) is 0.200. The lowest BCUT2D eigenvalue weighted by Crippen LogP contribution is -2.44. The smallest absolute Gasteiger partial charge is 0.269 e. The molecule has 0 spiro atoms. The number of hydrogen-bond acceptors (Lipinski definition) is 4. The SMILES string of the molecule is COc1ccc2c(Cl)c(C(=O)NC(=S)N3CCCc4ccccc43)sc2c1. The van der Waals surface area contributed by atoms with Crippen LogP contribution in [-0.4, -0.2) is 24.7 Å². The second-order valence-electron chi connectivity index (χ2n) is 6.25. The molecular formula is C20H17ClN2O2S2. The molecule has 2 aromatic carbocycles. The average Bonchev–Trinajstić information content (AvgIpc) is 3.03. The molecule has 1 aromatic heterocycles. The molecule has 0 radical (unpaired) electrons. The quantitative estimate of drug-likeness (QED) is 0.595. The van der Waals surface area contributed by atoms with Crippen LogP contribution < -0.4 is 15.0 Å². The lowest BCUT2D eigenvalue weighted by Gasteiger charge is -2.31. The van der Waals surface area contributed by atoms with Gasteiger partial charge in [-0.1, -0.05) is 29.8 Å². The van der Waals surface area contributed by atoms with Gasteiger partial charge in [-0.15, -0.1) is 11.3 Å². The molecule has 0 bridgehead atoms. The summed E-state index contributed by atoms with van der Waals surface area (Å²) in [6.45, 7) is 0.785. The maximum absolute atomic E-state index is 12.8. The van der Waals surface area contributed by atoms with E-state index in [2.05, 4.69) is 11.4 Å².